The molecule has 3 N–H and O–H groups in total. The fraction of sp³-hybridized carbons (Fsp3) is 0.250. The molecule has 0 heterocycles. The number of aryl methyl sites for hydroxylation is 1. The number of anilines is 2. The maximum Gasteiger partial charge on any atom is 0.418 e. The van der Waals surface area contributed by atoms with Crippen LogP contribution in [-0.4, -0.2) is 0 Å². The lowest BCUT2D eigenvalue weighted by atomic mass is 10.1. The van der Waals surface area contributed by atoms with Crippen LogP contribution in [0.1, 0.15) is 29.7 Å². The monoisotopic (exact) mass is 294 g/mol. The fourth-order valence-corrected chi connectivity index (χ4v) is 2.08. The van der Waals surface area contributed by atoms with Crippen molar-refractivity contribution in [2.75, 3.05) is 11.1 Å². The average Bonchev–Trinajstić information content (AvgIpc) is 2.40. The van der Waals surface area contributed by atoms with E-state index in [9.17, 15) is 13.2 Å². The molecule has 0 amide bonds. The van der Waals surface area contributed by atoms with Crippen molar-refractivity contribution >= 4 is 11.4 Å². The van der Waals surface area contributed by atoms with Gasteiger partial charge in [0.15, 0.2) is 0 Å². The van der Waals surface area contributed by atoms with E-state index in [1.807, 2.05) is 38.1 Å². The molecule has 112 valence electrons. The van der Waals surface area contributed by atoms with E-state index < -0.39 is 11.7 Å². The molecule has 21 heavy (non-hydrogen) atoms. The molecule has 2 rings (SSSR count). The molecule has 0 saturated heterocycles. The van der Waals surface area contributed by atoms with E-state index in [1.54, 1.807) is 6.07 Å². The molecule has 0 aliphatic rings. The molecule has 5 heteroatoms. The summed E-state index contributed by atoms with van der Waals surface area (Å²) in [4.78, 5) is 0. The molecule has 0 radical (unpaired) electrons. The van der Waals surface area contributed by atoms with Gasteiger partial charge in [0, 0.05) is 17.4 Å². The highest BCUT2D eigenvalue weighted by Crippen LogP contribution is 2.35. The summed E-state index contributed by atoms with van der Waals surface area (Å²) in [6, 6.07) is 11.6. The molecule has 0 aromatic heterocycles. The van der Waals surface area contributed by atoms with Crippen LogP contribution in [0.25, 0.3) is 0 Å². The number of halogens is 3. The number of nitrogens with two attached hydrogens (primary N) is 1. The zero-order chi connectivity index (χ0) is 15.6. The molecule has 2 nitrogen and oxygen atoms in total. The second-order valence-electron chi connectivity index (χ2n) is 5.08. The molecule has 0 bridgehead atoms. The van der Waals surface area contributed by atoms with Gasteiger partial charge < -0.3 is 11.1 Å². The lowest BCUT2D eigenvalue weighted by molar-refractivity contribution is -0.136. The highest BCUT2D eigenvalue weighted by atomic mass is 19.4. The molecule has 0 fully saturated rings. The topological polar surface area (TPSA) is 38.0 Å². The highest BCUT2D eigenvalue weighted by Gasteiger charge is 2.33. The SMILES string of the molecule is Cc1ccc(C(C)Nc2ccc(N)c(C(F)(F)F)c2)cc1. The van der Waals surface area contributed by atoms with E-state index in [0.717, 1.165) is 17.2 Å². The quantitative estimate of drug-likeness (QED) is 0.800. The first-order valence-electron chi connectivity index (χ1n) is 6.57. The Bertz CT molecular complexity index is 618. The Labute approximate surface area is 121 Å². The summed E-state index contributed by atoms with van der Waals surface area (Å²) in [6.45, 7) is 3.88. The van der Waals surface area contributed by atoms with E-state index in [0.29, 0.717) is 5.69 Å². The lowest BCUT2D eigenvalue weighted by Crippen LogP contribution is -2.11. The third-order valence-corrected chi connectivity index (χ3v) is 3.32. The van der Waals surface area contributed by atoms with Crippen molar-refractivity contribution in [2.45, 2.75) is 26.1 Å². The number of nitrogen functional groups attached to an aromatic ring is 1. The summed E-state index contributed by atoms with van der Waals surface area (Å²) in [6.07, 6.45) is -4.45. The summed E-state index contributed by atoms with van der Waals surface area (Å²) >= 11 is 0. The van der Waals surface area contributed by atoms with E-state index in [-0.39, 0.29) is 11.7 Å². The molecule has 2 aromatic rings. The zero-order valence-corrected chi connectivity index (χ0v) is 11.8. The highest BCUT2D eigenvalue weighted by molar-refractivity contribution is 5.59. The summed E-state index contributed by atoms with van der Waals surface area (Å²) in [7, 11) is 0. The van der Waals surface area contributed by atoms with Crippen LogP contribution < -0.4 is 11.1 Å². The first-order valence-corrected chi connectivity index (χ1v) is 6.57. The van der Waals surface area contributed by atoms with Gasteiger partial charge in [-0.3, -0.25) is 0 Å². The summed E-state index contributed by atoms with van der Waals surface area (Å²) in [5.41, 5.74) is 6.84. The molecule has 1 unspecified atom stereocenters. The normalized spacial score (nSPS) is 13.0. The minimum atomic E-state index is -4.45. The van der Waals surface area contributed by atoms with E-state index in [4.69, 9.17) is 5.73 Å². The van der Waals surface area contributed by atoms with Gasteiger partial charge in [-0.15, -0.1) is 0 Å². The first kappa shape index (κ1) is 15.2. The Morgan fingerprint density at radius 2 is 1.67 bits per heavy atom. The largest absolute Gasteiger partial charge is 0.418 e. The molecular weight excluding hydrogens is 277 g/mol. The van der Waals surface area contributed by atoms with Crippen molar-refractivity contribution in [1.82, 2.24) is 0 Å². The third-order valence-electron chi connectivity index (χ3n) is 3.32. The number of hydrogen-bond acceptors (Lipinski definition) is 2. The Balaban J connectivity index is 2.21. The van der Waals surface area contributed by atoms with Gasteiger partial charge in [-0.25, -0.2) is 0 Å². The predicted molar refractivity (Wildman–Crippen MR) is 79.1 cm³/mol. The van der Waals surface area contributed by atoms with Gasteiger partial charge in [0.2, 0.25) is 0 Å². The predicted octanol–water partition coefficient (Wildman–Crippen LogP) is 4.77. The van der Waals surface area contributed by atoms with Crippen molar-refractivity contribution in [3.05, 3.63) is 59.2 Å². The smallest absolute Gasteiger partial charge is 0.398 e. The number of nitrogens with one attached hydrogen (secondary N) is 1. The Kier molecular flexibility index (Phi) is 4.11. The van der Waals surface area contributed by atoms with Crippen LogP contribution in [0.2, 0.25) is 0 Å². The second-order valence-corrected chi connectivity index (χ2v) is 5.08. The number of benzene rings is 2. The summed E-state index contributed by atoms with van der Waals surface area (Å²) in [5.74, 6) is 0. The minimum absolute atomic E-state index is 0.102. The van der Waals surface area contributed by atoms with Crippen molar-refractivity contribution in [2.24, 2.45) is 0 Å². The van der Waals surface area contributed by atoms with Crippen LogP contribution in [0.15, 0.2) is 42.5 Å². The van der Waals surface area contributed by atoms with E-state index in [1.165, 1.54) is 6.07 Å². The van der Waals surface area contributed by atoms with Crippen LogP contribution in [-0.2, 0) is 6.18 Å². The Hall–Kier alpha value is -2.17. The molecular formula is C16H17F3N2. The number of hydrogen-bond donors (Lipinski definition) is 2. The van der Waals surface area contributed by atoms with Crippen LogP contribution in [0.3, 0.4) is 0 Å². The maximum absolute atomic E-state index is 12.8. The minimum Gasteiger partial charge on any atom is -0.398 e. The van der Waals surface area contributed by atoms with Gasteiger partial charge in [0.25, 0.3) is 0 Å². The average molecular weight is 294 g/mol. The van der Waals surface area contributed by atoms with Gasteiger partial charge in [-0.05, 0) is 37.6 Å². The first-order chi connectivity index (χ1) is 9.77. The molecule has 1 atom stereocenters. The second kappa shape index (κ2) is 5.68. The standard InChI is InChI=1S/C16H17F3N2/c1-10-3-5-12(6-4-10)11(2)21-13-7-8-15(20)14(9-13)16(17,18)19/h3-9,11,21H,20H2,1-2H3. The third kappa shape index (κ3) is 3.68. The molecule has 0 spiro atoms. The van der Waals surface area contributed by atoms with Crippen LogP contribution in [0.4, 0.5) is 24.5 Å². The van der Waals surface area contributed by atoms with Crippen molar-refractivity contribution in [3.8, 4) is 0 Å². The van der Waals surface area contributed by atoms with E-state index >= 15 is 0 Å². The van der Waals surface area contributed by atoms with Crippen molar-refractivity contribution in [1.29, 1.82) is 0 Å². The molecule has 0 saturated carbocycles. The van der Waals surface area contributed by atoms with Gasteiger partial charge in [0.1, 0.15) is 0 Å². The van der Waals surface area contributed by atoms with Gasteiger partial charge in [-0.2, -0.15) is 13.2 Å². The van der Waals surface area contributed by atoms with Crippen LogP contribution in [0, 0.1) is 6.92 Å². The van der Waals surface area contributed by atoms with Gasteiger partial charge in [-0.1, -0.05) is 29.8 Å². The van der Waals surface area contributed by atoms with Gasteiger partial charge >= 0.3 is 6.18 Å². The molecule has 0 aliphatic carbocycles. The Morgan fingerprint density at radius 1 is 1.05 bits per heavy atom. The number of alkyl halides is 3. The van der Waals surface area contributed by atoms with Crippen molar-refractivity contribution in [3.63, 3.8) is 0 Å². The number of rotatable bonds is 3. The summed E-state index contributed by atoms with van der Waals surface area (Å²) in [5, 5.41) is 3.06. The maximum atomic E-state index is 12.8. The molecule has 2 aromatic carbocycles. The zero-order valence-electron chi connectivity index (χ0n) is 11.8. The fourth-order valence-electron chi connectivity index (χ4n) is 2.08. The van der Waals surface area contributed by atoms with Crippen LogP contribution >= 0.6 is 0 Å². The lowest BCUT2D eigenvalue weighted by Gasteiger charge is -2.18. The van der Waals surface area contributed by atoms with Crippen LogP contribution in [0.5, 0.6) is 0 Å². The molecule has 0 aliphatic heterocycles. The van der Waals surface area contributed by atoms with Gasteiger partial charge in [0.05, 0.1) is 5.56 Å². The van der Waals surface area contributed by atoms with E-state index in [2.05, 4.69) is 5.32 Å². The Morgan fingerprint density at radius 3 is 2.24 bits per heavy atom. The van der Waals surface area contributed by atoms with Crippen molar-refractivity contribution < 1.29 is 13.2 Å². The summed E-state index contributed by atoms with van der Waals surface area (Å²) < 4.78 is 38.5.